The van der Waals surface area contributed by atoms with E-state index in [1.165, 1.54) is 17.7 Å². The van der Waals surface area contributed by atoms with Crippen molar-refractivity contribution in [2.24, 2.45) is 10.9 Å². The first kappa shape index (κ1) is 10.2. The largest absolute Gasteiger partial charge is 0.290 e. The van der Waals surface area contributed by atoms with E-state index in [0.717, 1.165) is 17.9 Å². The SMILES string of the molecule is ONC1=Nc2ccccc2SC2CCCC12. The Hall–Kier alpha value is -1.00. The first-order valence-corrected chi connectivity index (χ1v) is 6.51. The summed E-state index contributed by atoms with van der Waals surface area (Å²) in [6.45, 7) is 0. The number of amidine groups is 1. The zero-order valence-corrected chi connectivity index (χ0v) is 9.70. The van der Waals surface area contributed by atoms with Crippen molar-refractivity contribution in [3.63, 3.8) is 0 Å². The number of hydrogen-bond donors (Lipinski definition) is 2. The van der Waals surface area contributed by atoms with Gasteiger partial charge >= 0.3 is 0 Å². The predicted molar refractivity (Wildman–Crippen MR) is 65.4 cm³/mol. The first-order chi connectivity index (χ1) is 7.88. The third-order valence-corrected chi connectivity index (χ3v) is 4.77. The van der Waals surface area contributed by atoms with Gasteiger partial charge in [0.05, 0.1) is 5.69 Å². The molecule has 1 fully saturated rings. The Morgan fingerprint density at radius 3 is 3.06 bits per heavy atom. The third kappa shape index (κ3) is 1.62. The minimum atomic E-state index is 0.377. The van der Waals surface area contributed by atoms with E-state index in [0.29, 0.717) is 11.2 Å². The van der Waals surface area contributed by atoms with E-state index in [9.17, 15) is 5.21 Å². The third-order valence-electron chi connectivity index (χ3n) is 3.30. The van der Waals surface area contributed by atoms with Gasteiger partial charge in [0, 0.05) is 16.1 Å². The quantitative estimate of drug-likeness (QED) is 0.678. The van der Waals surface area contributed by atoms with Crippen molar-refractivity contribution in [1.29, 1.82) is 0 Å². The first-order valence-electron chi connectivity index (χ1n) is 5.63. The summed E-state index contributed by atoms with van der Waals surface area (Å²) >= 11 is 1.90. The number of hydroxylamine groups is 1. The molecule has 1 aromatic carbocycles. The number of aliphatic imine (C=N–C) groups is 1. The minimum absolute atomic E-state index is 0.377. The summed E-state index contributed by atoms with van der Waals surface area (Å²) < 4.78 is 0. The number of benzene rings is 1. The number of para-hydroxylation sites is 1. The normalized spacial score (nSPS) is 27.7. The van der Waals surface area contributed by atoms with E-state index < -0.39 is 0 Å². The van der Waals surface area contributed by atoms with E-state index in [2.05, 4.69) is 16.5 Å². The van der Waals surface area contributed by atoms with Crippen LogP contribution in [0.25, 0.3) is 0 Å². The zero-order valence-electron chi connectivity index (χ0n) is 8.89. The topological polar surface area (TPSA) is 44.6 Å². The van der Waals surface area contributed by atoms with Crippen molar-refractivity contribution in [2.75, 3.05) is 0 Å². The highest BCUT2D eigenvalue weighted by molar-refractivity contribution is 8.00. The van der Waals surface area contributed by atoms with Gasteiger partial charge in [-0.3, -0.25) is 10.7 Å². The molecule has 2 unspecified atom stereocenters. The molecular weight excluding hydrogens is 220 g/mol. The number of nitrogens with one attached hydrogen (secondary N) is 1. The van der Waals surface area contributed by atoms with Gasteiger partial charge in [0.25, 0.3) is 0 Å². The van der Waals surface area contributed by atoms with Crippen LogP contribution in [-0.2, 0) is 0 Å². The summed E-state index contributed by atoms with van der Waals surface area (Å²) in [6.07, 6.45) is 3.56. The van der Waals surface area contributed by atoms with Crippen LogP contribution in [0.3, 0.4) is 0 Å². The maximum Gasteiger partial charge on any atom is 0.130 e. The summed E-state index contributed by atoms with van der Waals surface area (Å²) in [5, 5.41) is 9.76. The Kier molecular flexibility index (Phi) is 2.61. The van der Waals surface area contributed by atoms with Crippen LogP contribution in [0.15, 0.2) is 34.2 Å². The van der Waals surface area contributed by atoms with E-state index in [4.69, 9.17) is 0 Å². The lowest BCUT2D eigenvalue weighted by Crippen LogP contribution is -2.30. The molecule has 2 aliphatic rings. The van der Waals surface area contributed by atoms with Crippen molar-refractivity contribution in [2.45, 2.75) is 29.4 Å². The predicted octanol–water partition coefficient (Wildman–Crippen LogP) is 2.97. The van der Waals surface area contributed by atoms with Crippen molar-refractivity contribution in [1.82, 2.24) is 5.48 Å². The zero-order chi connectivity index (χ0) is 11.0. The molecule has 1 heterocycles. The van der Waals surface area contributed by atoms with Crippen LogP contribution in [0.4, 0.5) is 5.69 Å². The van der Waals surface area contributed by atoms with E-state index >= 15 is 0 Å². The summed E-state index contributed by atoms with van der Waals surface area (Å²) in [5.74, 6) is 1.11. The van der Waals surface area contributed by atoms with Crippen LogP contribution in [0.2, 0.25) is 0 Å². The van der Waals surface area contributed by atoms with Gasteiger partial charge in [-0.1, -0.05) is 18.6 Å². The maximum absolute atomic E-state index is 9.20. The standard InChI is InChI=1S/C12H14N2OS/c15-14-12-8-4-3-7-10(8)16-11-6-2-1-5-9(11)13-12/h1-2,5-6,8,10,15H,3-4,7H2,(H,13,14). The van der Waals surface area contributed by atoms with E-state index in [1.54, 1.807) is 0 Å². The van der Waals surface area contributed by atoms with Gasteiger partial charge in [0.2, 0.25) is 0 Å². The molecule has 0 spiro atoms. The average Bonchev–Trinajstić information content (AvgIpc) is 2.70. The number of thioether (sulfide) groups is 1. The molecule has 84 valence electrons. The van der Waals surface area contributed by atoms with Crippen molar-refractivity contribution in [3.05, 3.63) is 24.3 Å². The molecule has 2 N–H and O–H groups in total. The van der Waals surface area contributed by atoms with Gasteiger partial charge < -0.3 is 0 Å². The highest BCUT2D eigenvalue weighted by Crippen LogP contribution is 2.45. The fourth-order valence-electron chi connectivity index (χ4n) is 2.51. The van der Waals surface area contributed by atoms with Gasteiger partial charge in [0.15, 0.2) is 0 Å². The summed E-state index contributed by atoms with van der Waals surface area (Å²) in [6, 6.07) is 8.14. The van der Waals surface area contributed by atoms with Gasteiger partial charge in [-0.15, -0.1) is 11.8 Å². The fourth-order valence-corrected chi connectivity index (χ4v) is 3.94. The van der Waals surface area contributed by atoms with Gasteiger partial charge in [-0.25, -0.2) is 4.99 Å². The molecule has 16 heavy (non-hydrogen) atoms. The Balaban J connectivity index is 2.06. The second-order valence-electron chi connectivity index (χ2n) is 4.27. The molecule has 0 bridgehead atoms. The lowest BCUT2D eigenvalue weighted by atomic mass is 10.1. The number of fused-ring (bicyclic) bond motifs is 2. The highest BCUT2D eigenvalue weighted by Gasteiger charge is 2.34. The molecule has 1 aromatic rings. The lowest BCUT2D eigenvalue weighted by molar-refractivity contribution is 0.227. The Morgan fingerprint density at radius 2 is 2.19 bits per heavy atom. The molecule has 1 saturated carbocycles. The van der Waals surface area contributed by atoms with Crippen LogP contribution in [0.5, 0.6) is 0 Å². The molecule has 0 saturated heterocycles. The maximum atomic E-state index is 9.20. The van der Waals surface area contributed by atoms with E-state index in [-0.39, 0.29) is 0 Å². The van der Waals surface area contributed by atoms with Crippen LogP contribution in [0.1, 0.15) is 19.3 Å². The molecule has 1 aliphatic carbocycles. The number of nitrogens with zero attached hydrogens (tertiary/aromatic N) is 1. The Bertz CT molecular complexity index is 433. The molecule has 3 rings (SSSR count). The van der Waals surface area contributed by atoms with Crippen LogP contribution in [-0.4, -0.2) is 16.3 Å². The van der Waals surface area contributed by atoms with Crippen LogP contribution >= 0.6 is 11.8 Å². The number of rotatable bonds is 0. The minimum Gasteiger partial charge on any atom is -0.290 e. The molecule has 1 aliphatic heterocycles. The summed E-state index contributed by atoms with van der Waals surface area (Å²) in [4.78, 5) is 5.76. The molecule has 4 heteroatoms. The number of hydrogen-bond acceptors (Lipinski definition) is 4. The molecule has 3 nitrogen and oxygen atoms in total. The molecular formula is C12H14N2OS. The van der Waals surface area contributed by atoms with Gasteiger partial charge in [-0.2, -0.15) is 0 Å². The average molecular weight is 234 g/mol. The molecule has 0 amide bonds. The lowest BCUT2D eigenvalue weighted by Gasteiger charge is -2.16. The van der Waals surface area contributed by atoms with Crippen LogP contribution < -0.4 is 5.48 Å². The van der Waals surface area contributed by atoms with Gasteiger partial charge in [-0.05, 0) is 25.0 Å². The van der Waals surface area contributed by atoms with E-state index in [1.807, 2.05) is 30.0 Å². The second-order valence-corrected chi connectivity index (χ2v) is 5.55. The van der Waals surface area contributed by atoms with Crippen molar-refractivity contribution < 1.29 is 5.21 Å². The monoisotopic (exact) mass is 234 g/mol. The fraction of sp³-hybridized carbons (Fsp3) is 0.417. The summed E-state index contributed by atoms with van der Waals surface area (Å²) in [5.41, 5.74) is 3.26. The summed E-state index contributed by atoms with van der Waals surface area (Å²) in [7, 11) is 0. The van der Waals surface area contributed by atoms with Gasteiger partial charge in [0.1, 0.15) is 5.84 Å². The van der Waals surface area contributed by atoms with Crippen molar-refractivity contribution >= 4 is 23.3 Å². The molecule has 0 radical (unpaired) electrons. The van der Waals surface area contributed by atoms with Crippen molar-refractivity contribution in [3.8, 4) is 0 Å². The molecule has 2 atom stereocenters. The second kappa shape index (κ2) is 4.11. The smallest absolute Gasteiger partial charge is 0.130 e. The Morgan fingerprint density at radius 1 is 1.31 bits per heavy atom. The Labute approximate surface area is 98.9 Å². The highest BCUT2D eigenvalue weighted by atomic mass is 32.2. The molecule has 0 aromatic heterocycles. The van der Waals surface area contributed by atoms with Crippen LogP contribution in [0, 0.1) is 5.92 Å².